The van der Waals surface area contributed by atoms with E-state index in [4.69, 9.17) is 4.74 Å². The highest BCUT2D eigenvalue weighted by atomic mass is 16.5. The molecule has 0 fully saturated rings. The molecular weight excluding hydrogens is 352 g/mol. The highest BCUT2D eigenvalue weighted by molar-refractivity contribution is 6.00. The Hall–Kier alpha value is -2.82. The van der Waals surface area contributed by atoms with E-state index in [1.807, 2.05) is 65.8 Å². The minimum Gasteiger partial charge on any atom is -0.496 e. The molecule has 2 aromatic carbocycles. The number of methoxy groups -OCH3 is 1. The van der Waals surface area contributed by atoms with E-state index >= 15 is 0 Å². The van der Waals surface area contributed by atoms with Gasteiger partial charge in [-0.3, -0.25) is 15.0 Å². The molecule has 1 N–H and O–H groups in total. The van der Waals surface area contributed by atoms with Gasteiger partial charge in [-0.05, 0) is 65.3 Å². The number of ether oxygens (including phenoxy) is 1. The lowest BCUT2D eigenvalue weighted by Crippen LogP contribution is -2.56. The van der Waals surface area contributed by atoms with Crippen molar-refractivity contribution in [3.05, 3.63) is 64.2 Å². The standard InChI is InChI=1S/C23H30N2O3/c1-8-18-19(10-9-11-20(18)28-7)22(27)25(23(4,5)6)24-21(26)17-13-15(2)12-16(3)14-17/h9-14H,8H2,1-7H3,(H,24,26). The van der Waals surface area contributed by atoms with E-state index in [9.17, 15) is 9.59 Å². The Morgan fingerprint density at radius 1 is 1.07 bits per heavy atom. The second kappa shape index (κ2) is 8.46. The van der Waals surface area contributed by atoms with Crippen molar-refractivity contribution in [2.75, 3.05) is 7.11 Å². The van der Waals surface area contributed by atoms with Crippen LogP contribution in [-0.4, -0.2) is 29.5 Å². The van der Waals surface area contributed by atoms with Crippen molar-refractivity contribution in [2.45, 2.75) is 53.5 Å². The average Bonchev–Trinajstić information content (AvgIpc) is 2.62. The van der Waals surface area contributed by atoms with Crippen LogP contribution < -0.4 is 10.2 Å². The predicted octanol–water partition coefficient (Wildman–Crippen LogP) is 4.46. The summed E-state index contributed by atoms with van der Waals surface area (Å²) in [5.41, 5.74) is 6.09. The van der Waals surface area contributed by atoms with E-state index in [2.05, 4.69) is 5.43 Å². The number of carbonyl (C=O) groups is 2. The van der Waals surface area contributed by atoms with Gasteiger partial charge >= 0.3 is 0 Å². The number of carbonyl (C=O) groups excluding carboxylic acids is 2. The fourth-order valence-electron chi connectivity index (χ4n) is 3.24. The fourth-order valence-corrected chi connectivity index (χ4v) is 3.24. The Balaban J connectivity index is 2.42. The molecule has 0 unspecified atom stereocenters. The van der Waals surface area contributed by atoms with Gasteiger partial charge in [0.15, 0.2) is 0 Å². The molecular formula is C23H30N2O3. The minimum atomic E-state index is -0.611. The van der Waals surface area contributed by atoms with Crippen LogP contribution in [0.25, 0.3) is 0 Å². The summed E-state index contributed by atoms with van der Waals surface area (Å²) in [4.78, 5) is 26.3. The van der Waals surface area contributed by atoms with E-state index in [0.29, 0.717) is 23.3 Å². The van der Waals surface area contributed by atoms with E-state index in [0.717, 1.165) is 16.7 Å². The fraction of sp³-hybridized carbons (Fsp3) is 0.391. The third-order valence-corrected chi connectivity index (χ3v) is 4.51. The van der Waals surface area contributed by atoms with Crippen LogP contribution in [0.5, 0.6) is 5.75 Å². The van der Waals surface area contributed by atoms with Gasteiger partial charge < -0.3 is 4.74 Å². The van der Waals surface area contributed by atoms with Crippen molar-refractivity contribution in [1.29, 1.82) is 0 Å². The van der Waals surface area contributed by atoms with Gasteiger partial charge in [0, 0.05) is 16.7 Å². The summed E-state index contributed by atoms with van der Waals surface area (Å²) in [6.45, 7) is 11.5. The van der Waals surface area contributed by atoms with Crippen molar-refractivity contribution in [1.82, 2.24) is 10.4 Å². The first-order valence-electron chi connectivity index (χ1n) is 9.48. The normalized spacial score (nSPS) is 11.1. The summed E-state index contributed by atoms with van der Waals surface area (Å²) >= 11 is 0. The zero-order valence-electron chi connectivity index (χ0n) is 17.8. The van der Waals surface area contributed by atoms with Crippen LogP contribution >= 0.6 is 0 Å². The second-order valence-corrected chi connectivity index (χ2v) is 7.97. The minimum absolute atomic E-state index is 0.263. The van der Waals surface area contributed by atoms with E-state index in [1.54, 1.807) is 19.2 Å². The Morgan fingerprint density at radius 2 is 1.68 bits per heavy atom. The van der Waals surface area contributed by atoms with Crippen molar-refractivity contribution in [2.24, 2.45) is 0 Å². The first-order valence-corrected chi connectivity index (χ1v) is 9.48. The third kappa shape index (κ3) is 4.71. The van der Waals surface area contributed by atoms with Crippen LogP contribution in [0.2, 0.25) is 0 Å². The second-order valence-electron chi connectivity index (χ2n) is 7.97. The van der Waals surface area contributed by atoms with Crippen molar-refractivity contribution in [3.63, 3.8) is 0 Å². The Morgan fingerprint density at radius 3 is 2.18 bits per heavy atom. The topological polar surface area (TPSA) is 58.6 Å². The van der Waals surface area contributed by atoms with Crippen LogP contribution in [0.4, 0.5) is 0 Å². The number of nitrogens with zero attached hydrogens (tertiary/aromatic N) is 1. The summed E-state index contributed by atoms with van der Waals surface area (Å²) < 4.78 is 5.41. The first-order chi connectivity index (χ1) is 13.1. The van der Waals surface area contributed by atoms with Gasteiger partial charge in [-0.2, -0.15) is 0 Å². The van der Waals surface area contributed by atoms with Gasteiger partial charge in [0.05, 0.1) is 12.6 Å². The molecule has 0 heterocycles. The Labute approximate surface area is 167 Å². The Kier molecular flexibility index (Phi) is 6.49. The number of hydrogen-bond donors (Lipinski definition) is 1. The molecule has 0 radical (unpaired) electrons. The van der Waals surface area contributed by atoms with Crippen molar-refractivity contribution in [3.8, 4) is 5.75 Å². The SMILES string of the molecule is CCc1c(OC)cccc1C(=O)N(NC(=O)c1cc(C)cc(C)c1)C(C)(C)C. The van der Waals surface area contributed by atoms with Gasteiger partial charge in [-0.1, -0.05) is 30.2 Å². The van der Waals surface area contributed by atoms with Crippen LogP contribution in [0, 0.1) is 13.8 Å². The molecule has 0 aliphatic heterocycles. The molecule has 2 amide bonds. The lowest BCUT2D eigenvalue weighted by atomic mass is 10.0. The number of rotatable bonds is 4. The summed E-state index contributed by atoms with van der Waals surface area (Å²) in [5.74, 6) is 0.0971. The van der Waals surface area contributed by atoms with Crippen LogP contribution in [0.15, 0.2) is 36.4 Å². The molecule has 0 aliphatic rings. The summed E-state index contributed by atoms with van der Waals surface area (Å²) in [6, 6.07) is 11.0. The van der Waals surface area contributed by atoms with E-state index < -0.39 is 5.54 Å². The van der Waals surface area contributed by atoms with Gasteiger partial charge in [-0.25, -0.2) is 5.01 Å². The number of benzene rings is 2. The number of hydrazine groups is 1. The summed E-state index contributed by atoms with van der Waals surface area (Å²) in [7, 11) is 1.59. The van der Waals surface area contributed by atoms with Crippen molar-refractivity contribution >= 4 is 11.8 Å². The molecule has 0 aliphatic carbocycles. The summed E-state index contributed by atoms with van der Waals surface area (Å²) in [5, 5.41) is 1.40. The maximum atomic E-state index is 13.4. The smallest absolute Gasteiger partial charge is 0.273 e. The molecule has 0 saturated heterocycles. The molecule has 0 aromatic heterocycles. The largest absolute Gasteiger partial charge is 0.496 e. The number of aryl methyl sites for hydroxylation is 2. The third-order valence-electron chi connectivity index (χ3n) is 4.51. The van der Waals surface area contributed by atoms with Gasteiger partial charge in [-0.15, -0.1) is 0 Å². The zero-order valence-corrected chi connectivity index (χ0v) is 17.8. The van der Waals surface area contributed by atoms with Gasteiger partial charge in [0.25, 0.3) is 11.8 Å². The average molecular weight is 383 g/mol. The molecule has 0 saturated carbocycles. The number of hydrogen-bond acceptors (Lipinski definition) is 3. The van der Waals surface area contributed by atoms with Gasteiger partial charge in [0.1, 0.15) is 5.75 Å². The summed E-state index contributed by atoms with van der Waals surface area (Å²) in [6.07, 6.45) is 0.647. The van der Waals surface area contributed by atoms with Crippen LogP contribution in [0.1, 0.15) is 65.1 Å². The Bertz CT molecular complexity index is 862. The molecule has 0 atom stereocenters. The van der Waals surface area contributed by atoms with Crippen molar-refractivity contribution < 1.29 is 14.3 Å². The predicted molar refractivity (Wildman–Crippen MR) is 112 cm³/mol. The lowest BCUT2D eigenvalue weighted by Gasteiger charge is -2.36. The molecule has 2 aromatic rings. The highest BCUT2D eigenvalue weighted by Gasteiger charge is 2.31. The number of nitrogens with one attached hydrogen (secondary N) is 1. The zero-order chi connectivity index (χ0) is 21.1. The quantitative estimate of drug-likeness (QED) is 0.794. The molecule has 5 heteroatoms. The molecule has 5 nitrogen and oxygen atoms in total. The van der Waals surface area contributed by atoms with Crippen LogP contribution in [0.3, 0.4) is 0 Å². The molecule has 150 valence electrons. The number of amides is 2. The monoisotopic (exact) mass is 382 g/mol. The maximum absolute atomic E-state index is 13.4. The molecule has 0 spiro atoms. The lowest BCUT2D eigenvalue weighted by molar-refractivity contribution is 0.0357. The van der Waals surface area contributed by atoms with E-state index in [1.165, 1.54) is 5.01 Å². The maximum Gasteiger partial charge on any atom is 0.273 e. The molecule has 2 rings (SSSR count). The first kappa shape index (κ1) is 21.5. The van der Waals surface area contributed by atoms with Crippen LogP contribution in [-0.2, 0) is 6.42 Å². The highest BCUT2D eigenvalue weighted by Crippen LogP contribution is 2.26. The van der Waals surface area contributed by atoms with E-state index in [-0.39, 0.29) is 11.8 Å². The molecule has 0 bridgehead atoms. The molecule has 28 heavy (non-hydrogen) atoms. The van der Waals surface area contributed by atoms with Gasteiger partial charge in [0.2, 0.25) is 0 Å².